The van der Waals surface area contributed by atoms with Crippen LogP contribution in [0.4, 0.5) is 13.2 Å². The van der Waals surface area contributed by atoms with Gasteiger partial charge in [-0.3, -0.25) is 0 Å². The average molecular weight is 442 g/mol. The number of aliphatic hydroxyl groups is 1. The molecule has 0 amide bonds. The van der Waals surface area contributed by atoms with Crippen molar-refractivity contribution in [1.82, 2.24) is 15.3 Å². The number of nitrogens with zero attached hydrogens (tertiary/aromatic N) is 3. The maximum Gasteiger partial charge on any atom is 0.422 e. The highest BCUT2D eigenvalue weighted by Crippen LogP contribution is 2.43. The van der Waals surface area contributed by atoms with Gasteiger partial charge in [0, 0.05) is 17.2 Å². The second-order valence-corrected chi connectivity index (χ2v) is 7.58. The van der Waals surface area contributed by atoms with Crippen molar-refractivity contribution in [3.05, 3.63) is 65.2 Å². The topological polar surface area (TPSA) is 111 Å². The summed E-state index contributed by atoms with van der Waals surface area (Å²) in [5.41, 5.74) is 6.86. The Hall–Kier alpha value is -3.50. The number of rotatable bonds is 3. The van der Waals surface area contributed by atoms with Crippen LogP contribution in [0, 0.1) is 0 Å². The first-order valence-electron chi connectivity index (χ1n) is 9.86. The molecule has 7 nitrogen and oxygen atoms in total. The molecular formula is C22H17F3N4O3. The molecule has 0 radical (unpaired) electrons. The summed E-state index contributed by atoms with van der Waals surface area (Å²) in [6.45, 7) is 0. The number of alkyl halides is 3. The predicted molar refractivity (Wildman–Crippen MR) is 107 cm³/mol. The summed E-state index contributed by atoms with van der Waals surface area (Å²) in [5.74, 6) is -0.978. The Kier molecular flexibility index (Phi) is 4.83. The molecule has 1 aliphatic carbocycles. The number of aromatic nitrogens is 3. The van der Waals surface area contributed by atoms with E-state index in [-0.39, 0.29) is 23.1 Å². The van der Waals surface area contributed by atoms with E-state index in [0.717, 1.165) is 11.1 Å². The maximum atomic E-state index is 13.9. The number of hydrogen-bond acceptors (Lipinski definition) is 7. The molecule has 5 rings (SSSR count). The highest BCUT2D eigenvalue weighted by atomic mass is 19.4. The Bertz CT molecular complexity index is 1270. The van der Waals surface area contributed by atoms with Gasteiger partial charge >= 0.3 is 6.18 Å². The molecule has 10 heteroatoms. The number of nitrogens with two attached hydrogens (primary N) is 1. The van der Waals surface area contributed by atoms with E-state index in [0.29, 0.717) is 18.4 Å². The summed E-state index contributed by atoms with van der Waals surface area (Å²) in [4.78, 5) is 4.12. The molecule has 4 aromatic rings. The van der Waals surface area contributed by atoms with Crippen molar-refractivity contribution in [2.45, 2.75) is 31.2 Å². The molecule has 164 valence electrons. The second-order valence-electron chi connectivity index (χ2n) is 7.58. The number of halogens is 3. The molecule has 0 saturated carbocycles. The third-order valence-electron chi connectivity index (χ3n) is 5.52. The molecule has 0 saturated heterocycles. The molecule has 0 aliphatic heterocycles. The van der Waals surface area contributed by atoms with Crippen LogP contribution in [-0.4, -0.2) is 26.4 Å². The fraction of sp³-hybridized carbons (Fsp3) is 0.227. The molecule has 2 atom stereocenters. The van der Waals surface area contributed by atoms with E-state index in [2.05, 4.69) is 15.3 Å². The quantitative estimate of drug-likeness (QED) is 0.484. The van der Waals surface area contributed by atoms with Gasteiger partial charge in [0.2, 0.25) is 11.6 Å². The maximum absolute atomic E-state index is 13.9. The zero-order valence-electron chi connectivity index (χ0n) is 16.5. The van der Waals surface area contributed by atoms with E-state index in [1.165, 1.54) is 12.1 Å². The number of aliphatic hydroxyl groups excluding tert-OH is 1. The Morgan fingerprint density at radius 2 is 1.78 bits per heavy atom. The average Bonchev–Trinajstić information content (AvgIpc) is 3.44. The first kappa shape index (κ1) is 20.4. The molecule has 2 heterocycles. The second kappa shape index (κ2) is 7.57. The van der Waals surface area contributed by atoms with Gasteiger partial charge in [-0.15, -0.1) is 0 Å². The normalized spacial score (nSPS) is 18.5. The predicted octanol–water partition coefficient (Wildman–Crippen LogP) is 4.38. The van der Waals surface area contributed by atoms with Crippen LogP contribution in [0.5, 0.6) is 0 Å². The first-order valence-corrected chi connectivity index (χ1v) is 9.86. The van der Waals surface area contributed by atoms with Gasteiger partial charge in [0.25, 0.3) is 5.89 Å². The van der Waals surface area contributed by atoms with Crippen LogP contribution in [0.3, 0.4) is 0 Å². The summed E-state index contributed by atoms with van der Waals surface area (Å²) < 4.78 is 51.8. The fourth-order valence-corrected chi connectivity index (χ4v) is 3.89. The van der Waals surface area contributed by atoms with E-state index in [1.54, 1.807) is 36.4 Å². The van der Waals surface area contributed by atoms with Crippen LogP contribution in [0.2, 0.25) is 0 Å². The Labute approximate surface area is 179 Å². The lowest BCUT2D eigenvalue weighted by molar-refractivity contribution is -0.136. The van der Waals surface area contributed by atoms with Gasteiger partial charge in [-0.2, -0.15) is 18.2 Å². The van der Waals surface area contributed by atoms with E-state index >= 15 is 0 Å². The number of aryl methyl sites for hydroxylation is 1. The van der Waals surface area contributed by atoms with Gasteiger partial charge in [0.15, 0.2) is 0 Å². The van der Waals surface area contributed by atoms with Gasteiger partial charge in [0.05, 0.1) is 6.10 Å². The lowest BCUT2D eigenvalue weighted by Crippen LogP contribution is -2.32. The van der Waals surface area contributed by atoms with Crippen LogP contribution in [0.1, 0.15) is 29.2 Å². The molecule has 3 N–H and O–H groups in total. The van der Waals surface area contributed by atoms with E-state index in [9.17, 15) is 18.3 Å². The first-order chi connectivity index (χ1) is 15.3. The number of fused-ring (bicyclic) bond motifs is 1. The zero-order chi connectivity index (χ0) is 22.5. The lowest BCUT2D eigenvalue weighted by atomic mass is 9.85. The minimum atomic E-state index is -4.75. The van der Waals surface area contributed by atoms with Crippen LogP contribution < -0.4 is 5.73 Å². The largest absolute Gasteiger partial charge is 0.422 e. The molecule has 1 aliphatic rings. The molecule has 32 heavy (non-hydrogen) atoms. The van der Waals surface area contributed by atoms with Crippen LogP contribution in [-0.2, 0) is 12.6 Å². The fourth-order valence-electron chi connectivity index (χ4n) is 3.89. The van der Waals surface area contributed by atoms with Crippen LogP contribution >= 0.6 is 0 Å². The third kappa shape index (κ3) is 3.47. The zero-order valence-corrected chi connectivity index (χ0v) is 16.5. The van der Waals surface area contributed by atoms with Gasteiger partial charge in [0.1, 0.15) is 11.3 Å². The molecule has 2 unspecified atom stereocenters. The highest BCUT2D eigenvalue weighted by molar-refractivity contribution is 5.71. The molecular weight excluding hydrogens is 425 g/mol. The van der Waals surface area contributed by atoms with E-state index < -0.39 is 29.5 Å². The van der Waals surface area contributed by atoms with Crippen molar-refractivity contribution in [3.63, 3.8) is 0 Å². The lowest BCUT2D eigenvalue weighted by Gasteiger charge is -2.27. The summed E-state index contributed by atoms with van der Waals surface area (Å²) in [6.07, 6.45) is -4.25. The molecule has 2 aromatic carbocycles. The van der Waals surface area contributed by atoms with Crippen molar-refractivity contribution in [2.75, 3.05) is 0 Å². The van der Waals surface area contributed by atoms with Crippen LogP contribution in [0.25, 0.3) is 34.3 Å². The summed E-state index contributed by atoms with van der Waals surface area (Å²) in [5, 5.41) is 17.7. The van der Waals surface area contributed by atoms with Crippen molar-refractivity contribution >= 4 is 0 Å². The number of hydrogen-bond donors (Lipinski definition) is 2. The standard InChI is InChI=1S/C22H17F3N4O3/c23-22(24,25)16-17(11-4-2-1-3-5-11)28-31-19(16)21-27-20(29-32-21)13-6-8-14-12(10-13)7-9-15(26)18(14)30/h1-6,8,10,15,18,30H,7,9,26H2. The molecule has 0 fully saturated rings. The molecule has 0 bridgehead atoms. The van der Waals surface area contributed by atoms with Gasteiger partial charge in [-0.05, 0) is 30.0 Å². The van der Waals surface area contributed by atoms with Crippen molar-refractivity contribution in [2.24, 2.45) is 5.73 Å². The van der Waals surface area contributed by atoms with E-state index in [4.69, 9.17) is 14.8 Å². The highest BCUT2D eigenvalue weighted by Gasteiger charge is 2.43. The smallest absolute Gasteiger partial charge is 0.387 e. The third-order valence-corrected chi connectivity index (χ3v) is 5.52. The Morgan fingerprint density at radius 3 is 2.53 bits per heavy atom. The minimum Gasteiger partial charge on any atom is -0.387 e. The monoisotopic (exact) mass is 442 g/mol. The van der Waals surface area contributed by atoms with Crippen molar-refractivity contribution < 1.29 is 27.3 Å². The Morgan fingerprint density at radius 1 is 1.00 bits per heavy atom. The summed E-state index contributed by atoms with van der Waals surface area (Å²) >= 11 is 0. The Balaban J connectivity index is 1.54. The minimum absolute atomic E-state index is 0.0953. The van der Waals surface area contributed by atoms with Crippen molar-refractivity contribution in [1.29, 1.82) is 0 Å². The molecule has 0 spiro atoms. The number of benzene rings is 2. The van der Waals surface area contributed by atoms with Gasteiger partial charge in [-0.25, -0.2) is 0 Å². The van der Waals surface area contributed by atoms with Gasteiger partial charge < -0.3 is 19.9 Å². The van der Waals surface area contributed by atoms with E-state index in [1.807, 2.05) is 0 Å². The van der Waals surface area contributed by atoms with Crippen molar-refractivity contribution in [3.8, 4) is 34.3 Å². The molecule has 2 aromatic heterocycles. The summed E-state index contributed by atoms with van der Waals surface area (Å²) in [6, 6.07) is 12.7. The summed E-state index contributed by atoms with van der Waals surface area (Å²) in [7, 11) is 0. The SMILES string of the molecule is NC1CCc2cc(-c3noc(-c4onc(-c5ccccc5)c4C(F)(F)F)n3)ccc2C1O. The van der Waals surface area contributed by atoms with Gasteiger partial charge in [-0.1, -0.05) is 52.8 Å². The van der Waals surface area contributed by atoms with Crippen LogP contribution in [0.15, 0.2) is 57.6 Å².